The van der Waals surface area contributed by atoms with Gasteiger partial charge in [-0.1, -0.05) is 12.1 Å². The van der Waals surface area contributed by atoms with E-state index in [9.17, 15) is 9.90 Å². The predicted molar refractivity (Wildman–Crippen MR) is 98.2 cm³/mol. The molecule has 0 bridgehead atoms. The van der Waals surface area contributed by atoms with Crippen molar-refractivity contribution < 1.29 is 28.8 Å². The fourth-order valence-electron chi connectivity index (χ4n) is 3.16. The van der Waals surface area contributed by atoms with E-state index in [0.29, 0.717) is 52.5 Å². The van der Waals surface area contributed by atoms with Gasteiger partial charge in [-0.15, -0.1) is 0 Å². The lowest BCUT2D eigenvalue weighted by molar-refractivity contribution is -0.0318. The standard InChI is InChI=1S/C19H28N2O6/c1-2-25-19(23)21-9-7-20(8-10-21)11-15(22)12-24-13-16-14-26-17-5-3-4-6-18(17)27-16/h3-6,15-16,22H,2,7-14H2,1H3/t15-,16-/m0/s1. The van der Waals surface area contributed by atoms with Crippen LogP contribution < -0.4 is 9.47 Å². The van der Waals surface area contributed by atoms with E-state index in [-0.39, 0.29) is 18.8 Å². The Morgan fingerprint density at radius 1 is 1.26 bits per heavy atom. The Bertz CT molecular complexity index is 606. The smallest absolute Gasteiger partial charge is 0.409 e. The highest BCUT2D eigenvalue weighted by Gasteiger charge is 2.24. The summed E-state index contributed by atoms with van der Waals surface area (Å²) in [4.78, 5) is 15.5. The summed E-state index contributed by atoms with van der Waals surface area (Å²) < 4.78 is 22.1. The molecule has 0 unspecified atom stereocenters. The van der Waals surface area contributed by atoms with Gasteiger partial charge in [0.2, 0.25) is 0 Å². The minimum Gasteiger partial charge on any atom is -0.486 e. The maximum Gasteiger partial charge on any atom is 0.409 e. The molecule has 2 aliphatic heterocycles. The summed E-state index contributed by atoms with van der Waals surface area (Å²) in [6.07, 6.45) is -1.03. The van der Waals surface area contributed by atoms with Gasteiger partial charge in [0.25, 0.3) is 0 Å². The van der Waals surface area contributed by atoms with Crippen LogP contribution in [0.5, 0.6) is 11.5 Å². The maximum atomic E-state index is 11.7. The molecule has 8 nitrogen and oxygen atoms in total. The van der Waals surface area contributed by atoms with Crippen molar-refractivity contribution >= 4 is 6.09 Å². The molecule has 0 saturated carbocycles. The topological polar surface area (TPSA) is 80.7 Å². The van der Waals surface area contributed by atoms with E-state index in [1.807, 2.05) is 24.3 Å². The Labute approximate surface area is 159 Å². The van der Waals surface area contributed by atoms with Crippen LogP contribution in [-0.4, -0.2) is 92.4 Å². The first-order valence-corrected chi connectivity index (χ1v) is 9.44. The molecular formula is C19H28N2O6. The van der Waals surface area contributed by atoms with E-state index >= 15 is 0 Å². The lowest BCUT2D eigenvalue weighted by Gasteiger charge is -2.35. The molecule has 1 fully saturated rings. The van der Waals surface area contributed by atoms with Crippen molar-refractivity contribution in [2.24, 2.45) is 0 Å². The van der Waals surface area contributed by atoms with Gasteiger partial charge in [0.1, 0.15) is 6.61 Å². The summed E-state index contributed by atoms with van der Waals surface area (Å²) in [6.45, 7) is 6.38. The SMILES string of the molecule is CCOC(=O)N1CCN(C[C@H](O)COC[C@H]2COc3ccccc3O2)CC1. The Hall–Kier alpha value is -2.03. The van der Waals surface area contributed by atoms with Crippen LogP contribution in [0.25, 0.3) is 0 Å². The zero-order valence-electron chi connectivity index (χ0n) is 15.7. The Morgan fingerprint density at radius 2 is 2.00 bits per heavy atom. The second-order valence-corrected chi connectivity index (χ2v) is 6.68. The first kappa shape index (κ1) is 19.7. The van der Waals surface area contributed by atoms with Crippen LogP contribution >= 0.6 is 0 Å². The largest absolute Gasteiger partial charge is 0.486 e. The number of hydrogen-bond donors (Lipinski definition) is 1. The van der Waals surface area contributed by atoms with Gasteiger partial charge in [-0.05, 0) is 19.1 Å². The van der Waals surface area contributed by atoms with Gasteiger partial charge in [-0.3, -0.25) is 4.90 Å². The van der Waals surface area contributed by atoms with Crippen LogP contribution in [0.4, 0.5) is 4.79 Å². The summed E-state index contributed by atoms with van der Waals surface area (Å²) in [5, 5.41) is 10.2. The normalized spacial score (nSPS) is 21.0. The number of piperazine rings is 1. The highest BCUT2D eigenvalue weighted by Crippen LogP contribution is 2.30. The molecule has 2 heterocycles. The Balaban J connectivity index is 1.30. The Kier molecular flexibility index (Phi) is 7.14. The van der Waals surface area contributed by atoms with Crippen LogP contribution in [0, 0.1) is 0 Å². The molecule has 2 aliphatic rings. The Morgan fingerprint density at radius 3 is 2.74 bits per heavy atom. The van der Waals surface area contributed by atoms with E-state index in [1.165, 1.54) is 0 Å². The van der Waals surface area contributed by atoms with Crippen molar-refractivity contribution in [2.75, 3.05) is 59.2 Å². The van der Waals surface area contributed by atoms with E-state index in [2.05, 4.69) is 4.90 Å². The van der Waals surface area contributed by atoms with Crippen LogP contribution in [0.3, 0.4) is 0 Å². The fourth-order valence-corrected chi connectivity index (χ4v) is 3.16. The number of carbonyl (C=O) groups is 1. The number of rotatable bonds is 7. The molecule has 3 rings (SSSR count). The molecule has 0 radical (unpaired) electrons. The highest BCUT2D eigenvalue weighted by molar-refractivity contribution is 5.67. The van der Waals surface area contributed by atoms with Crippen LogP contribution in [0.1, 0.15) is 6.92 Å². The molecule has 8 heteroatoms. The third-order valence-electron chi connectivity index (χ3n) is 4.55. The summed E-state index contributed by atoms with van der Waals surface area (Å²) in [5.41, 5.74) is 0. The number of β-amino-alcohol motifs (C(OH)–C–C–N with tert-alkyl or cyclic N) is 1. The van der Waals surface area contributed by atoms with Crippen molar-refractivity contribution in [3.8, 4) is 11.5 Å². The monoisotopic (exact) mass is 380 g/mol. The average Bonchev–Trinajstić information content (AvgIpc) is 2.68. The molecule has 0 aliphatic carbocycles. The third-order valence-corrected chi connectivity index (χ3v) is 4.55. The quantitative estimate of drug-likeness (QED) is 0.755. The van der Waals surface area contributed by atoms with Crippen molar-refractivity contribution in [3.05, 3.63) is 24.3 Å². The predicted octanol–water partition coefficient (Wildman–Crippen LogP) is 0.978. The highest BCUT2D eigenvalue weighted by atomic mass is 16.6. The van der Waals surface area contributed by atoms with Crippen LogP contribution in [0.15, 0.2) is 24.3 Å². The molecule has 2 atom stereocenters. The molecule has 1 aromatic rings. The van der Waals surface area contributed by atoms with Crippen LogP contribution in [0.2, 0.25) is 0 Å². The number of amides is 1. The van der Waals surface area contributed by atoms with Gasteiger partial charge < -0.3 is 29.0 Å². The van der Waals surface area contributed by atoms with E-state index < -0.39 is 6.10 Å². The minimum atomic E-state index is -0.587. The van der Waals surface area contributed by atoms with Crippen molar-refractivity contribution in [1.29, 1.82) is 0 Å². The van der Waals surface area contributed by atoms with Crippen molar-refractivity contribution in [1.82, 2.24) is 9.80 Å². The second kappa shape index (κ2) is 9.77. The van der Waals surface area contributed by atoms with Crippen molar-refractivity contribution in [2.45, 2.75) is 19.1 Å². The number of aliphatic hydroxyl groups excluding tert-OH is 1. The number of fused-ring (bicyclic) bond motifs is 1. The number of nitrogens with zero attached hydrogens (tertiary/aromatic N) is 2. The zero-order valence-corrected chi connectivity index (χ0v) is 15.7. The second-order valence-electron chi connectivity index (χ2n) is 6.68. The summed E-state index contributed by atoms with van der Waals surface area (Å²) in [6, 6.07) is 7.54. The molecular weight excluding hydrogens is 352 g/mol. The average molecular weight is 380 g/mol. The van der Waals surface area contributed by atoms with Crippen molar-refractivity contribution in [3.63, 3.8) is 0 Å². The van der Waals surface area contributed by atoms with Gasteiger partial charge in [0, 0.05) is 32.7 Å². The first-order valence-electron chi connectivity index (χ1n) is 9.44. The lowest BCUT2D eigenvalue weighted by Crippen LogP contribution is -2.51. The molecule has 150 valence electrons. The summed E-state index contributed by atoms with van der Waals surface area (Å²) in [7, 11) is 0. The molecule has 0 spiro atoms. The zero-order chi connectivity index (χ0) is 19.1. The lowest BCUT2D eigenvalue weighted by atomic mass is 10.2. The van der Waals surface area contributed by atoms with Gasteiger partial charge in [0.05, 0.1) is 25.9 Å². The van der Waals surface area contributed by atoms with Gasteiger partial charge in [0.15, 0.2) is 17.6 Å². The van der Waals surface area contributed by atoms with Gasteiger partial charge in [-0.2, -0.15) is 0 Å². The van der Waals surface area contributed by atoms with E-state index in [1.54, 1.807) is 11.8 Å². The molecule has 27 heavy (non-hydrogen) atoms. The summed E-state index contributed by atoms with van der Waals surface area (Å²) in [5.74, 6) is 1.47. The number of benzene rings is 1. The number of aliphatic hydroxyl groups is 1. The molecule has 0 aromatic heterocycles. The minimum absolute atomic E-state index is 0.180. The summed E-state index contributed by atoms with van der Waals surface area (Å²) >= 11 is 0. The maximum absolute atomic E-state index is 11.7. The molecule has 1 saturated heterocycles. The number of carbonyl (C=O) groups excluding carboxylic acids is 1. The number of para-hydroxylation sites is 2. The van der Waals surface area contributed by atoms with Gasteiger partial charge in [-0.25, -0.2) is 4.79 Å². The number of ether oxygens (including phenoxy) is 4. The van der Waals surface area contributed by atoms with Crippen LogP contribution in [-0.2, 0) is 9.47 Å². The fraction of sp³-hybridized carbons (Fsp3) is 0.632. The van der Waals surface area contributed by atoms with E-state index in [4.69, 9.17) is 18.9 Å². The van der Waals surface area contributed by atoms with Gasteiger partial charge >= 0.3 is 6.09 Å². The first-order chi connectivity index (χ1) is 13.2. The molecule has 1 N–H and O–H groups in total. The van der Waals surface area contributed by atoms with E-state index in [0.717, 1.165) is 11.5 Å². The molecule has 1 amide bonds. The molecule has 1 aromatic carbocycles. The third kappa shape index (κ3) is 5.72. The number of hydrogen-bond acceptors (Lipinski definition) is 7.